The SMILES string of the molecule is CCCCCCCCCCCCCCCCCCCCCC/C=C/CCCC(O)C(O)C(CO)NC(=O)C(O)CCCCCCCCCCCCCCCCCCCCCCCCCCCCCCCCCCCCCC. The van der Waals surface area contributed by atoms with Gasteiger partial charge in [0.1, 0.15) is 12.2 Å². The number of hydrogen-bond acceptors (Lipinski definition) is 5. The van der Waals surface area contributed by atoms with Crippen molar-refractivity contribution >= 4 is 5.91 Å². The van der Waals surface area contributed by atoms with Crippen molar-refractivity contribution in [2.24, 2.45) is 0 Å². The lowest BCUT2D eigenvalue weighted by molar-refractivity contribution is -0.132. The molecule has 4 unspecified atom stereocenters. The third-order valence-electron chi connectivity index (χ3n) is 17.2. The molecule has 0 aromatic rings. The summed E-state index contributed by atoms with van der Waals surface area (Å²) in [6, 6.07) is -1.00. The number of rotatable bonds is 67. The summed E-state index contributed by atoms with van der Waals surface area (Å²) in [4.78, 5) is 12.7. The predicted octanol–water partition coefficient (Wildman–Crippen LogP) is 21.9. The van der Waals surface area contributed by atoms with Crippen LogP contribution in [0.15, 0.2) is 12.2 Å². The lowest BCUT2D eigenvalue weighted by Crippen LogP contribution is -2.53. The van der Waals surface area contributed by atoms with Crippen LogP contribution in [0.1, 0.15) is 406 Å². The van der Waals surface area contributed by atoms with Crippen LogP contribution in [0.25, 0.3) is 0 Å². The van der Waals surface area contributed by atoms with Crippen LogP contribution in [0, 0.1) is 0 Å². The van der Waals surface area contributed by atoms with E-state index in [4.69, 9.17) is 0 Å². The van der Waals surface area contributed by atoms with Gasteiger partial charge in [0.15, 0.2) is 0 Å². The van der Waals surface area contributed by atoms with Gasteiger partial charge in [-0.25, -0.2) is 0 Å². The first-order chi connectivity index (χ1) is 38.0. The van der Waals surface area contributed by atoms with Gasteiger partial charge in [-0.05, 0) is 38.5 Å². The molecule has 0 saturated heterocycles. The van der Waals surface area contributed by atoms with E-state index in [9.17, 15) is 25.2 Å². The monoisotopic (exact) mass is 1090 g/mol. The number of carbonyl (C=O) groups excluding carboxylic acids is 1. The fraction of sp³-hybridized carbons (Fsp3) is 0.958. The molecular formula is C71H141NO5. The Bertz CT molecular complexity index is 1130. The molecule has 0 aliphatic rings. The quantitative estimate of drug-likeness (QED) is 0.0308. The maximum Gasteiger partial charge on any atom is 0.249 e. The second-order valence-electron chi connectivity index (χ2n) is 24.9. The highest BCUT2D eigenvalue weighted by atomic mass is 16.3. The number of aliphatic hydroxyl groups excluding tert-OH is 4. The molecule has 77 heavy (non-hydrogen) atoms. The first-order valence-electron chi connectivity index (χ1n) is 35.6. The van der Waals surface area contributed by atoms with Crippen LogP contribution in [0.5, 0.6) is 0 Å². The van der Waals surface area contributed by atoms with Crippen LogP contribution in [0.3, 0.4) is 0 Å². The van der Waals surface area contributed by atoms with Crippen molar-refractivity contribution in [3.63, 3.8) is 0 Å². The summed E-state index contributed by atoms with van der Waals surface area (Å²) >= 11 is 0. The van der Waals surface area contributed by atoms with Crippen LogP contribution >= 0.6 is 0 Å². The van der Waals surface area contributed by atoms with Crippen LogP contribution in [0.4, 0.5) is 0 Å². The minimum Gasteiger partial charge on any atom is -0.394 e. The van der Waals surface area contributed by atoms with Crippen LogP contribution < -0.4 is 5.32 Å². The summed E-state index contributed by atoms with van der Waals surface area (Å²) in [5.41, 5.74) is 0. The van der Waals surface area contributed by atoms with Gasteiger partial charge in [-0.15, -0.1) is 0 Å². The topological polar surface area (TPSA) is 110 Å². The minimum atomic E-state index is -1.28. The van der Waals surface area contributed by atoms with Gasteiger partial charge >= 0.3 is 0 Å². The van der Waals surface area contributed by atoms with Gasteiger partial charge in [-0.2, -0.15) is 0 Å². The zero-order valence-electron chi connectivity index (χ0n) is 52.5. The molecule has 0 aromatic heterocycles. The van der Waals surface area contributed by atoms with Crippen molar-refractivity contribution in [2.45, 2.75) is 430 Å². The molecule has 6 nitrogen and oxygen atoms in total. The highest BCUT2D eigenvalue weighted by Crippen LogP contribution is 2.20. The van der Waals surface area contributed by atoms with Crippen LogP contribution in [0.2, 0.25) is 0 Å². The number of hydrogen-bond donors (Lipinski definition) is 5. The second kappa shape index (κ2) is 65.9. The fourth-order valence-electron chi connectivity index (χ4n) is 11.7. The molecule has 0 spiro atoms. The molecule has 0 aromatic carbocycles. The molecule has 460 valence electrons. The Labute approximate surface area is 482 Å². The average Bonchev–Trinajstić information content (AvgIpc) is 3.43. The Morgan fingerprint density at radius 3 is 0.779 bits per heavy atom. The van der Waals surface area contributed by atoms with E-state index < -0.39 is 36.9 Å². The van der Waals surface area contributed by atoms with E-state index >= 15 is 0 Å². The van der Waals surface area contributed by atoms with Gasteiger partial charge in [-0.3, -0.25) is 4.79 Å². The summed E-state index contributed by atoms with van der Waals surface area (Å²) in [5, 5.41) is 44.2. The number of nitrogens with one attached hydrogen (secondary N) is 1. The first kappa shape index (κ1) is 76.0. The van der Waals surface area contributed by atoms with Crippen molar-refractivity contribution in [1.82, 2.24) is 5.32 Å². The van der Waals surface area contributed by atoms with E-state index in [2.05, 4.69) is 31.3 Å². The molecule has 1 amide bonds. The second-order valence-corrected chi connectivity index (χ2v) is 24.9. The third kappa shape index (κ3) is 59.5. The van der Waals surface area contributed by atoms with E-state index in [1.165, 1.54) is 340 Å². The molecule has 0 heterocycles. The zero-order chi connectivity index (χ0) is 55.8. The zero-order valence-corrected chi connectivity index (χ0v) is 52.5. The average molecular weight is 1090 g/mol. The molecule has 0 bridgehead atoms. The smallest absolute Gasteiger partial charge is 0.249 e. The normalized spacial score (nSPS) is 13.5. The molecule has 0 radical (unpaired) electrons. The number of carbonyl (C=O) groups is 1. The van der Waals surface area contributed by atoms with Gasteiger partial charge < -0.3 is 25.7 Å². The Morgan fingerprint density at radius 2 is 0.532 bits per heavy atom. The van der Waals surface area contributed by atoms with Crippen molar-refractivity contribution in [1.29, 1.82) is 0 Å². The molecule has 5 N–H and O–H groups in total. The molecule has 0 saturated carbocycles. The number of allylic oxidation sites excluding steroid dienone is 2. The molecule has 0 aliphatic carbocycles. The Morgan fingerprint density at radius 1 is 0.312 bits per heavy atom. The Kier molecular flexibility index (Phi) is 65.0. The summed E-state index contributed by atoms with van der Waals surface area (Å²) in [5.74, 6) is -0.584. The van der Waals surface area contributed by atoms with Crippen LogP contribution in [-0.4, -0.2) is 57.3 Å². The Hall–Kier alpha value is -0.950. The lowest BCUT2D eigenvalue weighted by Gasteiger charge is -2.27. The van der Waals surface area contributed by atoms with E-state index in [0.29, 0.717) is 12.8 Å². The highest BCUT2D eigenvalue weighted by Gasteiger charge is 2.28. The maximum absolute atomic E-state index is 12.7. The first-order valence-corrected chi connectivity index (χ1v) is 35.6. The van der Waals surface area contributed by atoms with Crippen molar-refractivity contribution < 1.29 is 25.2 Å². The maximum atomic E-state index is 12.7. The van der Waals surface area contributed by atoms with Gasteiger partial charge in [0.2, 0.25) is 5.91 Å². The number of unbranched alkanes of at least 4 members (excludes halogenated alkanes) is 56. The number of aliphatic hydroxyl groups is 4. The molecule has 0 fully saturated rings. The van der Waals surface area contributed by atoms with Gasteiger partial charge in [-0.1, -0.05) is 379 Å². The van der Waals surface area contributed by atoms with E-state index in [-0.39, 0.29) is 0 Å². The van der Waals surface area contributed by atoms with E-state index in [1.807, 2.05) is 0 Å². The molecule has 0 aliphatic heterocycles. The fourth-order valence-corrected chi connectivity index (χ4v) is 11.7. The summed E-state index contributed by atoms with van der Waals surface area (Å²) in [6.45, 7) is 4.11. The molecule has 0 rings (SSSR count). The van der Waals surface area contributed by atoms with Gasteiger partial charge in [0.05, 0.1) is 18.8 Å². The van der Waals surface area contributed by atoms with Gasteiger partial charge in [0, 0.05) is 0 Å². The van der Waals surface area contributed by atoms with Crippen molar-refractivity contribution in [3.8, 4) is 0 Å². The highest BCUT2D eigenvalue weighted by molar-refractivity contribution is 5.80. The van der Waals surface area contributed by atoms with Crippen molar-refractivity contribution in [2.75, 3.05) is 6.61 Å². The molecule has 4 atom stereocenters. The number of amides is 1. The standard InChI is InChI=1S/C71H141NO5/c1-3-5-7-9-11-13-15-17-19-21-23-25-27-29-30-31-32-33-34-35-36-37-38-39-41-43-45-47-49-51-53-55-57-59-61-63-65-69(75)71(77)72-67(66-73)70(76)68(74)64-62-60-58-56-54-52-50-48-46-44-42-40-28-26-24-22-20-18-16-14-12-10-8-6-4-2/h56,58,67-70,73-76H,3-55,57,59-66H2,1-2H3,(H,72,77)/b58-56+. The molecular weight excluding hydrogens is 947 g/mol. The molecule has 6 heteroatoms. The van der Waals surface area contributed by atoms with Crippen molar-refractivity contribution in [3.05, 3.63) is 12.2 Å². The lowest BCUT2D eigenvalue weighted by atomic mass is 10.00. The largest absolute Gasteiger partial charge is 0.394 e. The predicted molar refractivity (Wildman–Crippen MR) is 339 cm³/mol. The van der Waals surface area contributed by atoms with Gasteiger partial charge in [0.25, 0.3) is 0 Å². The Balaban J connectivity index is 3.51. The summed E-state index contributed by atoms with van der Waals surface area (Å²) < 4.78 is 0. The van der Waals surface area contributed by atoms with E-state index in [1.54, 1.807) is 0 Å². The summed E-state index contributed by atoms with van der Waals surface area (Å²) in [6.07, 6.45) is 82.1. The third-order valence-corrected chi connectivity index (χ3v) is 17.2. The minimum absolute atomic E-state index is 0.369. The summed E-state index contributed by atoms with van der Waals surface area (Å²) in [7, 11) is 0. The van der Waals surface area contributed by atoms with E-state index in [0.717, 1.165) is 38.5 Å². The van der Waals surface area contributed by atoms with Crippen LogP contribution in [-0.2, 0) is 4.79 Å².